The van der Waals surface area contributed by atoms with Gasteiger partial charge in [-0.3, -0.25) is 0 Å². The van der Waals surface area contributed by atoms with E-state index in [1.54, 1.807) is 30.0 Å². The molecule has 0 aliphatic rings. The Balaban J connectivity index is 2.10. The smallest absolute Gasteiger partial charge is 0.335 e. The summed E-state index contributed by atoms with van der Waals surface area (Å²) >= 11 is 1.56. The van der Waals surface area contributed by atoms with Gasteiger partial charge in [-0.25, -0.2) is 4.79 Å². The quantitative estimate of drug-likeness (QED) is 0.851. The summed E-state index contributed by atoms with van der Waals surface area (Å²) in [5.74, 6) is 0.669. The second-order valence-electron chi connectivity index (χ2n) is 4.07. The van der Waals surface area contributed by atoms with E-state index in [0.29, 0.717) is 11.3 Å². The molecule has 0 aliphatic carbocycles. The maximum Gasteiger partial charge on any atom is 0.335 e. The van der Waals surface area contributed by atoms with Gasteiger partial charge in [0, 0.05) is 12.3 Å². The van der Waals surface area contributed by atoms with Gasteiger partial charge in [0.25, 0.3) is 0 Å². The van der Waals surface area contributed by atoms with E-state index < -0.39 is 5.97 Å². The van der Waals surface area contributed by atoms with E-state index >= 15 is 0 Å². The minimum absolute atomic E-state index is 0.311. The molecule has 2 rings (SSSR count). The van der Waals surface area contributed by atoms with E-state index in [-0.39, 0.29) is 0 Å². The maximum absolute atomic E-state index is 10.9. The highest BCUT2D eigenvalue weighted by Gasteiger charge is 2.09. The fourth-order valence-corrected chi connectivity index (χ4v) is 2.77. The fraction of sp³-hybridized carbons (Fsp3) is 0.308. The molecule has 2 aromatic rings. The van der Waals surface area contributed by atoms with Gasteiger partial charge in [-0.05, 0) is 31.5 Å². The lowest BCUT2D eigenvalue weighted by Gasteiger charge is -2.05. The first kappa shape index (κ1) is 13.6. The highest BCUT2D eigenvalue weighted by Crippen LogP contribution is 2.22. The Hall–Kier alpha value is -1.82. The molecule has 0 atom stereocenters. The third kappa shape index (κ3) is 3.14. The zero-order valence-corrected chi connectivity index (χ0v) is 11.6. The third-order valence-electron chi connectivity index (χ3n) is 2.76. The number of carboxylic acid groups (broad SMARTS) is 1. The first-order valence-corrected chi connectivity index (χ1v) is 6.95. The molecule has 0 radical (unpaired) electrons. The van der Waals surface area contributed by atoms with Crippen molar-refractivity contribution in [3.63, 3.8) is 0 Å². The minimum atomic E-state index is -0.903. The van der Waals surface area contributed by atoms with E-state index in [2.05, 4.69) is 10.2 Å². The molecule has 0 fully saturated rings. The number of carbonyl (C=O) groups is 1. The van der Waals surface area contributed by atoms with Gasteiger partial charge >= 0.3 is 5.97 Å². The lowest BCUT2D eigenvalue weighted by atomic mass is 10.1. The van der Waals surface area contributed by atoms with Gasteiger partial charge in [0.1, 0.15) is 5.82 Å². The molecule has 19 heavy (non-hydrogen) atoms. The van der Waals surface area contributed by atoms with Gasteiger partial charge in [-0.1, -0.05) is 23.9 Å². The first-order chi connectivity index (χ1) is 9.11. The number of nitrogens with zero attached hydrogens (tertiary/aromatic N) is 3. The van der Waals surface area contributed by atoms with Gasteiger partial charge in [0.05, 0.1) is 5.56 Å². The molecule has 0 saturated heterocycles. The van der Waals surface area contributed by atoms with Crippen LogP contribution in [0.4, 0.5) is 0 Å². The number of hydrogen-bond donors (Lipinski definition) is 1. The Kier molecular flexibility index (Phi) is 4.21. The van der Waals surface area contributed by atoms with Crippen molar-refractivity contribution in [2.24, 2.45) is 0 Å². The molecule has 0 amide bonds. The average molecular weight is 277 g/mol. The molecule has 100 valence electrons. The molecular weight excluding hydrogens is 262 g/mol. The second kappa shape index (κ2) is 5.88. The van der Waals surface area contributed by atoms with Crippen LogP contribution in [0.15, 0.2) is 29.4 Å². The Morgan fingerprint density at radius 2 is 2.21 bits per heavy atom. The molecule has 0 bridgehead atoms. The number of rotatable bonds is 5. The highest BCUT2D eigenvalue weighted by atomic mass is 32.2. The molecule has 1 aromatic heterocycles. The van der Waals surface area contributed by atoms with Crippen LogP contribution < -0.4 is 0 Å². The minimum Gasteiger partial charge on any atom is -0.478 e. The van der Waals surface area contributed by atoms with Gasteiger partial charge in [0.2, 0.25) is 0 Å². The van der Waals surface area contributed by atoms with Crippen molar-refractivity contribution in [3.05, 3.63) is 41.2 Å². The van der Waals surface area contributed by atoms with Gasteiger partial charge in [-0.15, -0.1) is 10.2 Å². The van der Waals surface area contributed by atoms with Crippen molar-refractivity contribution in [3.8, 4) is 0 Å². The van der Waals surface area contributed by atoms with Gasteiger partial charge in [-0.2, -0.15) is 0 Å². The number of thioether (sulfide) groups is 1. The lowest BCUT2D eigenvalue weighted by molar-refractivity contribution is 0.0697. The standard InChI is InChI=1S/C13H15N3O2S/c1-3-16-9(2)14-15-13(16)19-8-10-5-4-6-11(7-10)12(17)18/h4-7H,3,8H2,1-2H3,(H,17,18). The SMILES string of the molecule is CCn1c(C)nnc1SCc1cccc(C(=O)O)c1. The van der Waals surface area contributed by atoms with Crippen molar-refractivity contribution in [1.82, 2.24) is 14.8 Å². The molecule has 0 spiro atoms. The monoisotopic (exact) mass is 277 g/mol. The molecular formula is C13H15N3O2S. The van der Waals surface area contributed by atoms with E-state index in [1.165, 1.54) is 0 Å². The lowest BCUT2D eigenvalue weighted by Crippen LogP contribution is -1.99. The van der Waals surface area contributed by atoms with Crippen LogP contribution in [0.1, 0.15) is 28.7 Å². The van der Waals surface area contributed by atoms with Crippen LogP contribution in [0, 0.1) is 6.92 Å². The second-order valence-corrected chi connectivity index (χ2v) is 5.01. The largest absolute Gasteiger partial charge is 0.478 e. The van der Waals surface area contributed by atoms with Crippen LogP contribution in [0.3, 0.4) is 0 Å². The van der Waals surface area contributed by atoms with E-state index in [1.807, 2.05) is 24.5 Å². The molecule has 1 heterocycles. The van der Waals surface area contributed by atoms with Crippen LogP contribution in [0.5, 0.6) is 0 Å². The average Bonchev–Trinajstić information content (AvgIpc) is 2.77. The molecule has 1 N–H and O–H groups in total. The molecule has 0 unspecified atom stereocenters. The molecule has 5 nitrogen and oxygen atoms in total. The van der Waals surface area contributed by atoms with Crippen molar-refractivity contribution < 1.29 is 9.90 Å². The van der Waals surface area contributed by atoms with Crippen LogP contribution >= 0.6 is 11.8 Å². The summed E-state index contributed by atoms with van der Waals surface area (Å²) in [6, 6.07) is 6.96. The van der Waals surface area contributed by atoms with Crippen LogP contribution in [-0.4, -0.2) is 25.8 Å². The summed E-state index contributed by atoms with van der Waals surface area (Å²) in [7, 11) is 0. The fourth-order valence-electron chi connectivity index (χ4n) is 1.77. The molecule has 6 heteroatoms. The van der Waals surface area contributed by atoms with Crippen LogP contribution in [0.2, 0.25) is 0 Å². The predicted octanol–water partition coefficient (Wildman–Crippen LogP) is 2.60. The Bertz CT molecular complexity index is 595. The number of carboxylic acids is 1. The summed E-state index contributed by atoms with van der Waals surface area (Å²) in [5, 5.41) is 18.0. The topological polar surface area (TPSA) is 68.0 Å². The van der Waals surface area contributed by atoms with Crippen molar-refractivity contribution in [2.75, 3.05) is 0 Å². The van der Waals surface area contributed by atoms with Gasteiger partial charge in [0.15, 0.2) is 5.16 Å². The van der Waals surface area contributed by atoms with Crippen LogP contribution in [-0.2, 0) is 12.3 Å². The van der Waals surface area contributed by atoms with Crippen molar-refractivity contribution in [1.29, 1.82) is 0 Å². The number of aromatic carboxylic acids is 1. The maximum atomic E-state index is 10.9. The predicted molar refractivity (Wildman–Crippen MR) is 73.4 cm³/mol. The molecule has 0 saturated carbocycles. The summed E-state index contributed by atoms with van der Waals surface area (Å²) < 4.78 is 2.03. The number of benzene rings is 1. The van der Waals surface area contributed by atoms with Crippen molar-refractivity contribution in [2.45, 2.75) is 31.3 Å². The summed E-state index contributed by atoms with van der Waals surface area (Å²) in [6.07, 6.45) is 0. The first-order valence-electron chi connectivity index (χ1n) is 5.96. The summed E-state index contributed by atoms with van der Waals surface area (Å²) in [5.41, 5.74) is 1.28. The van der Waals surface area contributed by atoms with Crippen molar-refractivity contribution >= 4 is 17.7 Å². The zero-order valence-electron chi connectivity index (χ0n) is 10.8. The van der Waals surface area contributed by atoms with E-state index in [9.17, 15) is 4.79 Å². The van der Waals surface area contributed by atoms with Gasteiger partial charge < -0.3 is 9.67 Å². The normalized spacial score (nSPS) is 10.6. The summed E-state index contributed by atoms with van der Waals surface area (Å²) in [4.78, 5) is 10.9. The van der Waals surface area contributed by atoms with E-state index in [0.717, 1.165) is 23.1 Å². The number of hydrogen-bond acceptors (Lipinski definition) is 4. The number of aryl methyl sites for hydroxylation is 1. The Labute approximate surface area is 115 Å². The summed E-state index contributed by atoms with van der Waals surface area (Å²) in [6.45, 7) is 4.80. The zero-order chi connectivity index (χ0) is 13.8. The Morgan fingerprint density at radius 1 is 1.42 bits per heavy atom. The Morgan fingerprint density at radius 3 is 2.89 bits per heavy atom. The van der Waals surface area contributed by atoms with Crippen LogP contribution in [0.25, 0.3) is 0 Å². The molecule has 0 aliphatic heterocycles. The van der Waals surface area contributed by atoms with E-state index in [4.69, 9.17) is 5.11 Å². The number of aromatic nitrogens is 3. The molecule has 1 aromatic carbocycles. The highest BCUT2D eigenvalue weighted by molar-refractivity contribution is 7.98. The third-order valence-corrected chi connectivity index (χ3v) is 3.80.